The highest BCUT2D eigenvalue weighted by Gasteiger charge is 2.15. The Balaban J connectivity index is 2.15. The van der Waals surface area contributed by atoms with Crippen molar-refractivity contribution in [2.24, 2.45) is 0 Å². The lowest BCUT2D eigenvalue weighted by Crippen LogP contribution is -2.44. The van der Waals surface area contributed by atoms with Gasteiger partial charge in [-0.2, -0.15) is 0 Å². The van der Waals surface area contributed by atoms with Gasteiger partial charge in [0, 0.05) is 31.2 Å². The third-order valence-corrected chi connectivity index (χ3v) is 2.84. The third-order valence-electron chi connectivity index (χ3n) is 2.62. The molecule has 15 heavy (non-hydrogen) atoms. The van der Waals surface area contributed by atoms with E-state index >= 15 is 0 Å². The molecule has 0 amide bonds. The van der Waals surface area contributed by atoms with Gasteiger partial charge in [0.2, 0.25) is 0 Å². The molecule has 82 valence electrons. The predicted octanol–water partition coefficient (Wildman–Crippen LogP) is 1.07. The lowest BCUT2D eigenvalue weighted by atomic mass is 10.3. The number of nitrogens with zero attached hydrogens (tertiary/aromatic N) is 3. The van der Waals surface area contributed by atoms with Crippen LogP contribution in [0, 0.1) is 0 Å². The van der Waals surface area contributed by atoms with Crippen LogP contribution in [0.5, 0.6) is 0 Å². The van der Waals surface area contributed by atoms with E-state index in [4.69, 9.17) is 17.3 Å². The van der Waals surface area contributed by atoms with Crippen LogP contribution in [0.15, 0.2) is 12.1 Å². The minimum atomic E-state index is 0.483. The molecule has 1 fully saturated rings. The Bertz CT molecular complexity index is 327. The van der Waals surface area contributed by atoms with E-state index in [2.05, 4.69) is 21.8 Å². The predicted molar refractivity (Wildman–Crippen MR) is 63.4 cm³/mol. The summed E-state index contributed by atoms with van der Waals surface area (Å²) in [5.41, 5.74) is 5.66. The van der Waals surface area contributed by atoms with E-state index in [0.29, 0.717) is 10.8 Å². The van der Waals surface area contributed by atoms with Gasteiger partial charge in [0.25, 0.3) is 0 Å². The second-order valence-corrected chi connectivity index (χ2v) is 4.30. The number of hydrogen-bond acceptors (Lipinski definition) is 4. The molecule has 0 radical (unpaired) electrons. The van der Waals surface area contributed by atoms with Crippen molar-refractivity contribution in [1.29, 1.82) is 0 Å². The van der Waals surface area contributed by atoms with Crippen LogP contribution in [0.4, 0.5) is 11.6 Å². The fourth-order valence-electron chi connectivity index (χ4n) is 1.70. The minimum absolute atomic E-state index is 0.483. The fourth-order valence-corrected chi connectivity index (χ4v) is 1.91. The molecule has 0 saturated carbocycles. The molecule has 1 saturated heterocycles. The normalized spacial score (nSPS) is 18.1. The summed E-state index contributed by atoms with van der Waals surface area (Å²) < 4.78 is 0. The highest BCUT2D eigenvalue weighted by Crippen LogP contribution is 2.20. The summed E-state index contributed by atoms with van der Waals surface area (Å²) in [6.07, 6.45) is 0. The van der Waals surface area contributed by atoms with E-state index in [1.807, 2.05) is 6.07 Å². The number of nitrogen functional groups attached to an aromatic ring is 1. The summed E-state index contributed by atoms with van der Waals surface area (Å²) in [6, 6.07) is 3.53. The second kappa shape index (κ2) is 4.24. The Labute approximate surface area is 94.6 Å². The molecule has 1 aromatic heterocycles. The molecule has 0 aromatic carbocycles. The van der Waals surface area contributed by atoms with Crippen molar-refractivity contribution < 1.29 is 0 Å². The van der Waals surface area contributed by atoms with Crippen LogP contribution in [0.3, 0.4) is 0 Å². The Kier molecular flexibility index (Phi) is 2.98. The quantitative estimate of drug-likeness (QED) is 0.778. The van der Waals surface area contributed by atoms with Crippen molar-refractivity contribution in [1.82, 2.24) is 9.88 Å². The van der Waals surface area contributed by atoms with Gasteiger partial charge in [-0.05, 0) is 19.2 Å². The fraction of sp³-hybridized carbons (Fsp3) is 0.500. The molecule has 0 spiro atoms. The van der Waals surface area contributed by atoms with Gasteiger partial charge in [-0.1, -0.05) is 11.6 Å². The van der Waals surface area contributed by atoms with Crippen LogP contribution in [-0.2, 0) is 0 Å². The molecule has 5 heteroatoms. The molecule has 1 aromatic rings. The highest BCUT2D eigenvalue weighted by molar-refractivity contribution is 6.31. The van der Waals surface area contributed by atoms with Crippen LogP contribution in [0.25, 0.3) is 0 Å². The van der Waals surface area contributed by atoms with Gasteiger partial charge in [-0.25, -0.2) is 4.98 Å². The minimum Gasteiger partial charge on any atom is -0.384 e. The molecule has 0 unspecified atom stereocenters. The summed E-state index contributed by atoms with van der Waals surface area (Å²) >= 11 is 5.94. The average molecular weight is 227 g/mol. The van der Waals surface area contributed by atoms with Crippen molar-refractivity contribution in [3.63, 3.8) is 0 Å². The lowest BCUT2D eigenvalue weighted by Gasteiger charge is -2.33. The van der Waals surface area contributed by atoms with E-state index < -0.39 is 0 Å². The number of anilines is 2. The Hall–Kier alpha value is -1.00. The summed E-state index contributed by atoms with van der Waals surface area (Å²) in [5.74, 6) is 1.37. The van der Waals surface area contributed by atoms with Crippen LogP contribution in [-0.4, -0.2) is 43.1 Å². The average Bonchev–Trinajstić information content (AvgIpc) is 2.17. The van der Waals surface area contributed by atoms with Crippen LogP contribution in [0.2, 0.25) is 5.02 Å². The Morgan fingerprint density at radius 3 is 2.53 bits per heavy atom. The van der Waals surface area contributed by atoms with Crippen molar-refractivity contribution >= 4 is 23.2 Å². The maximum atomic E-state index is 5.94. The number of aromatic nitrogens is 1. The number of halogens is 1. The zero-order valence-electron chi connectivity index (χ0n) is 8.78. The Morgan fingerprint density at radius 2 is 1.93 bits per heavy atom. The van der Waals surface area contributed by atoms with Crippen molar-refractivity contribution in [3.8, 4) is 0 Å². The molecule has 1 aliphatic heterocycles. The second-order valence-electron chi connectivity index (χ2n) is 3.86. The first-order chi connectivity index (χ1) is 7.15. The first-order valence-corrected chi connectivity index (χ1v) is 5.39. The maximum absolute atomic E-state index is 5.94. The molecule has 1 aliphatic rings. The van der Waals surface area contributed by atoms with E-state index in [-0.39, 0.29) is 0 Å². The number of rotatable bonds is 1. The first kappa shape index (κ1) is 10.5. The van der Waals surface area contributed by atoms with Gasteiger partial charge in [0.15, 0.2) is 0 Å². The number of pyridine rings is 1. The summed E-state index contributed by atoms with van der Waals surface area (Å²) in [7, 11) is 2.12. The van der Waals surface area contributed by atoms with E-state index in [9.17, 15) is 0 Å². The molecule has 2 rings (SSSR count). The van der Waals surface area contributed by atoms with Gasteiger partial charge in [0.05, 0.1) is 0 Å². The monoisotopic (exact) mass is 226 g/mol. The first-order valence-electron chi connectivity index (χ1n) is 5.02. The zero-order chi connectivity index (χ0) is 10.8. The SMILES string of the molecule is CN1CCN(c2cc(Cl)cc(N)n2)CC1. The summed E-state index contributed by atoms with van der Waals surface area (Å²) in [6.45, 7) is 4.05. The smallest absolute Gasteiger partial charge is 0.132 e. The lowest BCUT2D eigenvalue weighted by molar-refractivity contribution is 0.312. The molecule has 2 heterocycles. The van der Waals surface area contributed by atoms with E-state index in [1.54, 1.807) is 6.07 Å². The number of hydrogen-bond donors (Lipinski definition) is 1. The number of likely N-dealkylation sites (N-methyl/N-ethyl adjacent to an activating group) is 1. The summed E-state index contributed by atoms with van der Waals surface area (Å²) in [4.78, 5) is 8.79. The van der Waals surface area contributed by atoms with Crippen molar-refractivity contribution in [2.75, 3.05) is 43.9 Å². The van der Waals surface area contributed by atoms with Gasteiger partial charge < -0.3 is 15.5 Å². The Morgan fingerprint density at radius 1 is 1.27 bits per heavy atom. The summed E-state index contributed by atoms with van der Waals surface area (Å²) in [5, 5.41) is 0.649. The molecular formula is C10H15ClN4. The maximum Gasteiger partial charge on any atom is 0.132 e. The number of nitrogens with two attached hydrogens (primary N) is 1. The standard InChI is InChI=1S/C10H15ClN4/c1-14-2-4-15(5-3-14)10-7-8(11)6-9(12)13-10/h6-7H,2-5H2,1H3,(H2,12,13). The molecule has 0 aliphatic carbocycles. The van der Waals surface area contributed by atoms with E-state index in [0.717, 1.165) is 32.0 Å². The van der Waals surface area contributed by atoms with E-state index in [1.165, 1.54) is 0 Å². The molecular weight excluding hydrogens is 212 g/mol. The van der Waals surface area contributed by atoms with Crippen molar-refractivity contribution in [3.05, 3.63) is 17.2 Å². The van der Waals surface area contributed by atoms with Gasteiger partial charge in [-0.3, -0.25) is 0 Å². The zero-order valence-corrected chi connectivity index (χ0v) is 9.54. The topological polar surface area (TPSA) is 45.4 Å². The molecule has 0 bridgehead atoms. The van der Waals surface area contributed by atoms with Crippen LogP contribution in [0.1, 0.15) is 0 Å². The highest BCUT2D eigenvalue weighted by atomic mass is 35.5. The molecule has 0 atom stereocenters. The third kappa shape index (κ3) is 2.52. The van der Waals surface area contributed by atoms with Gasteiger partial charge in [-0.15, -0.1) is 0 Å². The van der Waals surface area contributed by atoms with Crippen molar-refractivity contribution in [2.45, 2.75) is 0 Å². The molecule has 2 N–H and O–H groups in total. The van der Waals surface area contributed by atoms with Gasteiger partial charge >= 0.3 is 0 Å². The largest absolute Gasteiger partial charge is 0.384 e. The van der Waals surface area contributed by atoms with Crippen LogP contribution < -0.4 is 10.6 Å². The molecule has 4 nitrogen and oxygen atoms in total. The van der Waals surface area contributed by atoms with Crippen LogP contribution >= 0.6 is 11.6 Å². The van der Waals surface area contributed by atoms with Gasteiger partial charge in [0.1, 0.15) is 11.6 Å². The number of piperazine rings is 1.